The van der Waals surface area contributed by atoms with Crippen LogP contribution in [0.2, 0.25) is 0 Å². The lowest BCUT2D eigenvalue weighted by atomic mass is 9.77. The van der Waals surface area contributed by atoms with Gasteiger partial charge in [0.15, 0.2) is 0 Å². The van der Waals surface area contributed by atoms with Gasteiger partial charge < -0.3 is 5.32 Å². The molecule has 154 valence electrons. The fraction of sp³-hybridized carbons (Fsp3) is 0.174. The van der Waals surface area contributed by atoms with E-state index in [0.29, 0.717) is 17.7 Å². The second-order valence-corrected chi connectivity index (χ2v) is 8.90. The summed E-state index contributed by atoms with van der Waals surface area (Å²) in [5.74, 6) is -1.85. The first-order valence-electron chi connectivity index (χ1n) is 9.46. The molecule has 0 fully saturated rings. The maximum atomic E-state index is 13.8. The molecule has 1 aliphatic heterocycles. The molecule has 0 bridgehead atoms. The minimum absolute atomic E-state index is 0.268. The number of carbonyl (C=O) groups is 1. The van der Waals surface area contributed by atoms with E-state index in [9.17, 15) is 22.2 Å². The predicted octanol–water partition coefficient (Wildman–Crippen LogP) is 4.44. The molecule has 2 N–H and O–H groups in total. The zero-order valence-electron chi connectivity index (χ0n) is 16.2. The lowest BCUT2D eigenvalue weighted by Gasteiger charge is -2.26. The Kier molecular flexibility index (Phi) is 5.17. The molecule has 0 aromatic heterocycles. The van der Waals surface area contributed by atoms with Crippen molar-refractivity contribution in [1.82, 2.24) is 0 Å². The Balaban J connectivity index is 1.92. The van der Waals surface area contributed by atoms with Crippen molar-refractivity contribution in [2.45, 2.75) is 30.1 Å². The SMILES string of the molecule is Cc1ccc(S(=O)(=O)O)cc1C1C(=O)Nc2cc(F)ccc2CC1c1ccccc1. The summed E-state index contributed by atoms with van der Waals surface area (Å²) in [5, 5.41) is 2.81. The number of nitrogens with one attached hydrogen (secondary N) is 1. The van der Waals surface area contributed by atoms with Gasteiger partial charge in [0.1, 0.15) is 5.82 Å². The van der Waals surface area contributed by atoms with E-state index in [1.165, 1.54) is 24.3 Å². The smallest absolute Gasteiger partial charge is 0.294 e. The quantitative estimate of drug-likeness (QED) is 0.608. The van der Waals surface area contributed by atoms with Crippen LogP contribution in [-0.2, 0) is 21.3 Å². The third-order valence-electron chi connectivity index (χ3n) is 5.57. The van der Waals surface area contributed by atoms with Gasteiger partial charge in [0, 0.05) is 11.6 Å². The van der Waals surface area contributed by atoms with E-state index in [2.05, 4.69) is 5.32 Å². The van der Waals surface area contributed by atoms with E-state index in [1.807, 2.05) is 30.3 Å². The lowest BCUT2D eigenvalue weighted by Crippen LogP contribution is -2.26. The molecule has 7 heteroatoms. The van der Waals surface area contributed by atoms with Crippen molar-refractivity contribution in [1.29, 1.82) is 0 Å². The average Bonchev–Trinajstić information content (AvgIpc) is 2.84. The summed E-state index contributed by atoms with van der Waals surface area (Å²) in [6.45, 7) is 1.79. The predicted molar refractivity (Wildman–Crippen MR) is 112 cm³/mol. The van der Waals surface area contributed by atoms with Gasteiger partial charge in [0.05, 0.1) is 10.8 Å². The van der Waals surface area contributed by atoms with E-state index in [0.717, 1.165) is 16.7 Å². The maximum Gasteiger partial charge on any atom is 0.294 e. The molecule has 0 radical (unpaired) electrons. The van der Waals surface area contributed by atoms with Crippen LogP contribution in [0, 0.1) is 12.7 Å². The normalized spacial score (nSPS) is 19.0. The third kappa shape index (κ3) is 3.86. The molecule has 30 heavy (non-hydrogen) atoms. The highest BCUT2D eigenvalue weighted by atomic mass is 32.2. The molecule has 3 aromatic rings. The first-order valence-corrected chi connectivity index (χ1v) is 10.9. The van der Waals surface area contributed by atoms with Gasteiger partial charge >= 0.3 is 0 Å². The van der Waals surface area contributed by atoms with E-state index in [1.54, 1.807) is 19.1 Å². The Morgan fingerprint density at radius 1 is 1.03 bits per heavy atom. The van der Waals surface area contributed by atoms with Gasteiger partial charge in [0.2, 0.25) is 5.91 Å². The number of fused-ring (bicyclic) bond motifs is 1. The Morgan fingerprint density at radius 2 is 1.77 bits per heavy atom. The van der Waals surface area contributed by atoms with Crippen molar-refractivity contribution >= 4 is 21.7 Å². The Hall–Kier alpha value is -3.03. The summed E-state index contributed by atoms with van der Waals surface area (Å²) >= 11 is 0. The molecule has 2 unspecified atom stereocenters. The molecular weight excluding hydrogens is 405 g/mol. The van der Waals surface area contributed by atoms with Crippen molar-refractivity contribution in [3.8, 4) is 0 Å². The summed E-state index contributed by atoms with van der Waals surface area (Å²) < 4.78 is 46.7. The van der Waals surface area contributed by atoms with Crippen molar-refractivity contribution in [3.05, 3.63) is 94.8 Å². The summed E-state index contributed by atoms with van der Waals surface area (Å²) in [4.78, 5) is 13.1. The second kappa shape index (κ2) is 7.66. The van der Waals surface area contributed by atoms with E-state index in [4.69, 9.17) is 0 Å². The van der Waals surface area contributed by atoms with Crippen LogP contribution in [0.3, 0.4) is 0 Å². The van der Waals surface area contributed by atoms with Crippen molar-refractivity contribution < 1.29 is 22.2 Å². The molecule has 1 amide bonds. The molecule has 4 rings (SSSR count). The molecule has 0 saturated heterocycles. The molecule has 3 aromatic carbocycles. The number of benzene rings is 3. The maximum absolute atomic E-state index is 13.8. The molecule has 5 nitrogen and oxygen atoms in total. The summed E-state index contributed by atoms with van der Waals surface area (Å²) in [5.41, 5.74) is 3.34. The summed E-state index contributed by atoms with van der Waals surface area (Å²) in [7, 11) is -4.43. The van der Waals surface area contributed by atoms with Crippen LogP contribution in [-0.4, -0.2) is 18.9 Å². The lowest BCUT2D eigenvalue weighted by molar-refractivity contribution is -0.118. The van der Waals surface area contributed by atoms with Gasteiger partial charge in [-0.15, -0.1) is 0 Å². The van der Waals surface area contributed by atoms with Crippen molar-refractivity contribution in [3.63, 3.8) is 0 Å². The number of hydrogen-bond donors (Lipinski definition) is 2. The minimum Gasteiger partial charge on any atom is -0.325 e. The van der Waals surface area contributed by atoms with Gasteiger partial charge in [-0.05, 0) is 59.9 Å². The van der Waals surface area contributed by atoms with E-state index >= 15 is 0 Å². The van der Waals surface area contributed by atoms with Gasteiger partial charge in [-0.25, -0.2) is 4.39 Å². The Morgan fingerprint density at radius 3 is 2.47 bits per heavy atom. The van der Waals surface area contributed by atoms with Crippen LogP contribution < -0.4 is 5.32 Å². The van der Waals surface area contributed by atoms with E-state index in [-0.39, 0.29) is 16.7 Å². The molecule has 1 heterocycles. The first kappa shape index (κ1) is 20.3. The molecule has 1 aliphatic rings. The van der Waals surface area contributed by atoms with Crippen LogP contribution in [0.1, 0.15) is 34.1 Å². The monoisotopic (exact) mass is 425 g/mol. The summed E-state index contributed by atoms with van der Waals surface area (Å²) in [6.07, 6.45) is 0.457. The fourth-order valence-electron chi connectivity index (χ4n) is 4.07. The zero-order valence-corrected chi connectivity index (χ0v) is 17.0. The largest absolute Gasteiger partial charge is 0.325 e. The van der Waals surface area contributed by atoms with Gasteiger partial charge in [-0.2, -0.15) is 8.42 Å². The molecule has 0 aliphatic carbocycles. The Labute approximate surface area is 174 Å². The number of anilines is 1. The first-order chi connectivity index (χ1) is 14.2. The number of carbonyl (C=O) groups excluding carboxylic acids is 1. The Bertz CT molecular complexity index is 1230. The van der Waals surface area contributed by atoms with Crippen LogP contribution >= 0.6 is 0 Å². The van der Waals surface area contributed by atoms with E-state index < -0.39 is 21.9 Å². The second-order valence-electron chi connectivity index (χ2n) is 7.48. The van der Waals surface area contributed by atoms with Crippen LogP contribution in [0.4, 0.5) is 10.1 Å². The molecule has 2 atom stereocenters. The highest BCUT2D eigenvalue weighted by Gasteiger charge is 2.36. The number of hydrogen-bond acceptors (Lipinski definition) is 3. The highest BCUT2D eigenvalue weighted by Crippen LogP contribution is 2.42. The third-order valence-corrected chi connectivity index (χ3v) is 6.42. The van der Waals surface area contributed by atoms with Gasteiger partial charge in [-0.1, -0.05) is 42.5 Å². The summed E-state index contributed by atoms with van der Waals surface area (Å²) in [6, 6.07) is 18.0. The van der Waals surface area contributed by atoms with Crippen LogP contribution in [0.15, 0.2) is 71.6 Å². The molecule has 0 saturated carbocycles. The zero-order chi connectivity index (χ0) is 21.5. The number of amides is 1. The van der Waals surface area contributed by atoms with Gasteiger partial charge in [-0.3, -0.25) is 9.35 Å². The highest BCUT2D eigenvalue weighted by molar-refractivity contribution is 7.85. The van der Waals surface area contributed by atoms with Crippen LogP contribution in [0.25, 0.3) is 0 Å². The minimum atomic E-state index is -4.43. The van der Waals surface area contributed by atoms with Crippen LogP contribution in [0.5, 0.6) is 0 Å². The molecule has 0 spiro atoms. The van der Waals surface area contributed by atoms with Crippen molar-refractivity contribution in [2.24, 2.45) is 0 Å². The van der Waals surface area contributed by atoms with Gasteiger partial charge in [0.25, 0.3) is 10.1 Å². The molecular formula is C23H20FNO4S. The number of halogens is 1. The van der Waals surface area contributed by atoms with Crippen molar-refractivity contribution in [2.75, 3.05) is 5.32 Å². The number of rotatable bonds is 3. The number of aryl methyl sites for hydroxylation is 1. The topological polar surface area (TPSA) is 83.5 Å². The standard InChI is InChI=1S/C23H20FNO4S/c1-14-7-10-18(30(27,28)29)13-19(14)22-20(15-5-3-2-4-6-15)11-16-8-9-17(24)12-21(16)25-23(22)26/h2-10,12-13,20,22H,11H2,1H3,(H,25,26)(H,27,28,29). The average molecular weight is 425 g/mol. The fourth-order valence-corrected chi connectivity index (χ4v) is 4.59.